The minimum atomic E-state index is -0.503. The number of rotatable bonds is 2. The first-order valence-electron chi connectivity index (χ1n) is 9.90. The number of epoxide rings is 1. The summed E-state index contributed by atoms with van der Waals surface area (Å²) >= 11 is 0. The van der Waals surface area contributed by atoms with Crippen LogP contribution < -0.4 is 0 Å². The predicted octanol–water partition coefficient (Wildman–Crippen LogP) is 4.71. The Morgan fingerprint density at radius 3 is 2.58 bits per heavy atom. The second kappa shape index (κ2) is 8.26. The highest BCUT2D eigenvalue weighted by atomic mass is 16.6. The van der Waals surface area contributed by atoms with Crippen molar-refractivity contribution in [1.29, 1.82) is 0 Å². The molecule has 26 heavy (non-hydrogen) atoms. The highest BCUT2D eigenvalue weighted by Gasteiger charge is 2.52. The van der Waals surface area contributed by atoms with Crippen LogP contribution in [0.15, 0.2) is 23.3 Å². The number of carbonyl (C=O) groups excluding carboxylic acids is 1. The number of aliphatic hydroxyl groups is 1. The molecule has 2 rings (SSSR count). The smallest absolute Gasteiger partial charge is 0.303 e. The van der Waals surface area contributed by atoms with Gasteiger partial charge in [0.15, 0.2) is 0 Å². The average molecular weight is 365 g/mol. The van der Waals surface area contributed by atoms with E-state index in [1.165, 1.54) is 18.1 Å². The van der Waals surface area contributed by atoms with E-state index in [0.29, 0.717) is 6.42 Å². The van der Waals surface area contributed by atoms with Crippen molar-refractivity contribution in [2.75, 3.05) is 0 Å². The van der Waals surface area contributed by atoms with Crippen LogP contribution in [0, 0.1) is 5.92 Å². The number of esters is 1. The molecule has 2 aliphatic rings. The summed E-state index contributed by atoms with van der Waals surface area (Å²) in [6, 6.07) is 0. The Kier molecular flexibility index (Phi) is 6.73. The van der Waals surface area contributed by atoms with E-state index in [9.17, 15) is 9.90 Å². The van der Waals surface area contributed by atoms with Gasteiger partial charge in [-0.15, -0.1) is 0 Å². The Morgan fingerprint density at radius 1 is 1.27 bits per heavy atom. The molecule has 1 saturated heterocycles. The lowest BCUT2D eigenvalue weighted by molar-refractivity contribution is -0.159. The van der Waals surface area contributed by atoms with Gasteiger partial charge in [-0.05, 0) is 66.7 Å². The van der Waals surface area contributed by atoms with Crippen LogP contribution in [0.1, 0.15) is 80.1 Å². The molecule has 0 bridgehead atoms. The molecule has 0 unspecified atom stereocenters. The molecule has 1 heterocycles. The number of fused-ring (bicyclic) bond motifs is 1. The number of hydrogen-bond acceptors (Lipinski definition) is 4. The van der Waals surface area contributed by atoms with Gasteiger partial charge in [0.25, 0.3) is 0 Å². The van der Waals surface area contributed by atoms with Crippen molar-refractivity contribution >= 4 is 5.97 Å². The maximum absolute atomic E-state index is 11.5. The van der Waals surface area contributed by atoms with E-state index in [0.717, 1.165) is 32.1 Å². The van der Waals surface area contributed by atoms with E-state index in [1.807, 2.05) is 19.9 Å². The first-order valence-corrected chi connectivity index (χ1v) is 9.90. The zero-order valence-corrected chi connectivity index (χ0v) is 17.3. The lowest BCUT2D eigenvalue weighted by atomic mass is 9.82. The normalized spacial score (nSPS) is 38.0. The SMILES string of the molecule is CC(=O)OC(C)(C)[C@H]1C/C=C(\C)CC[C@@H]2O[C@@]2(C)C[C@@H](O)/C=C(\C)CC1. The van der Waals surface area contributed by atoms with Crippen molar-refractivity contribution in [3.8, 4) is 0 Å². The number of carbonyl (C=O) groups is 1. The number of ether oxygens (including phenoxy) is 2. The fourth-order valence-electron chi connectivity index (χ4n) is 4.13. The summed E-state index contributed by atoms with van der Waals surface area (Å²) < 4.78 is 11.5. The number of hydrogen-bond donors (Lipinski definition) is 1. The summed E-state index contributed by atoms with van der Waals surface area (Å²) in [6.07, 6.45) is 9.40. The van der Waals surface area contributed by atoms with E-state index in [2.05, 4.69) is 26.8 Å². The second-order valence-corrected chi connectivity index (χ2v) is 8.96. The third-order valence-electron chi connectivity index (χ3n) is 5.96. The summed E-state index contributed by atoms with van der Waals surface area (Å²) in [5.41, 5.74) is 1.85. The third kappa shape index (κ3) is 5.95. The first-order chi connectivity index (χ1) is 12.0. The maximum Gasteiger partial charge on any atom is 0.303 e. The lowest BCUT2D eigenvalue weighted by Crippen LogP contribution is -2.36. The molecular formula is C22H36O4. The van der Waals surface area contributed by atoms with Gasteiger partial charge in [0.05, 0.1) is 17.8 Å². The predicted molar refractivity (Wildman–Crippen MR) is 104 cm³/mol. The molecule has 1 aliphatic heterocycles. The van der Waals surface area contributed by atoms with Gasteiger partial charge in [-0.1, -0.05) is 23.3 Å². The summed E-state index contributed by atoms with van der Waals surface area (Å²) in [5, 5.41) is 10.4. The highest BCUT2D eigenvalue weighted by molar-refractivity contribution is 5.66. The molecule has 148 valence electrons. The topological polar surface area (TPSA) is 59.1 Å². The molecule has 1 aliphatic carbocycles. The summed E-state index contributed by atoms with van der Waals surface area (Å²) in [6.45, 7) is 11.8. The Balaban J connectivity index is 2.16. The molecule has 1 N–H and O–H groups in total. The largest absolute Gasteiger partial charge is 0.460 e. The van der Waals surface area contributed by atoms with Crippen molar-refractivity contribution < 1.29 is 19.4 Å². The fourth-order valence-corrected chi connectivity index (χ4v) is 4.13. The first kappa shape index (κ1) is 21.2. The molecular weight excluding hydrogens is 328 g/mol. The van der Waals surface area contributed by atoms with Gasteiger partial charge in [-0.3, -0.25) is 4.79 Å². The van der Waals surface area contributed by atoms with Gasteiger partial charge < -0.3 is 14.6 Å². The molecule has 4 nitrogen and oxygen atoms in total. The molecule has 1 fully saturated rings. The van der Waals surface area contributed by atoms with Crippen LogP contribution in [0.2, 0.25) is 0 Å². The van der Waals surface area contributed by atoms with Crippen molar-refractivity contribution in [1.82, 2.24) is 0 Å². The quantitative estimate of drug-likeness (QED) is 0.438. The monoisotopic (exact) mass is 364 g/mol. The van der Waals surface area contributed by atoms with Crippen LogP contribution in [-0.2, 0) is 14.3 Å². The second-order valence-electron chi connectivity index (χ2n) is 8.96. The van der Waals surface area contributed by atoms with E-state index in [4.69, 9.17) is 9.47 Å². The Hall–Kier alpha value is -1.13. The highest BCUT2D eigenvalue weighted by Crippen LogP contribution is 2.44. The summed E-state index contributed by atoms with van der Waals surface area (Å²) in [5.74, 6) is 0.00943. The Bertz CT molecular complexity index is 575. The number of allylic oxidation sites excluding steroid dienone is 3. The molecule has 0 spiro atoms. The van der Waals surface area contributed by atoms with Gasteiger partial charge in [0, 0.05) is 19.3 Å². The van der Waals surface area contributed by atoms with Crippen LogP contribution in [-0.4, -0.2) is 34.5 Å². The Labute approximate surface area is 158 Å². The zero-order chi connectivity index (χ0) is 19.5. The van der Waals surface area contributed by atoms with Crippen molar-refractivity contribution in [2.24, 2.45) is 5.92 Å². The standard InChI is InChI=1S/C22H36O4/c1-15-7-10-18(21(4,5)25-17(3)23)11-8-16(2)13-19(24)14-22(6)20(26-22)12-9-15/h7,13,18-20,24H,8-12,14H2,1-6H3/b15-7+,16-13+/t18-,19-,20-,22-/m0/s1. The lowest BCUT2D eigenvalue weighted by Gasteiger charge is -2.33. The van der Waals surface area contributed by atoms with Gasteiger partial charge >= 0.3 is 5.97 Å². The van der Waals surface area contributed by atoms with Crippen molar-refractivity contribution in [3.05, 3.63) is 23.3 Å². The van der Waals surface area contributed by atoms with Crippen LogP contribution in [0.5, 0.6) is 0 Å². The molecule has 4 atom stereocenters. The van der Waals surface area contributed by atoms with Gasteiger partial charge in [0.1, 0.15) is 5.60 Å². The maximum atomic E-state index is 11.5. The van der Waals surface area contributed by atoms with Crippen molar-refractivity contribution in [2.45, 2.75) is 103 Å². The van der Waals surface area contributed by atoms with E-state index < -0.39 is 11.7 Å². The van der Waals surface area contributed by atoms with Crippen LogP contribution >= 0.6 is 0 Å². The molecule has 0 radical (unpaired) electrons. The van der Waals surface area contributed by atoms with Gasteiger partial charge in [0.2, 0.25) is 0 Å². The summed E-state index contributed by atoms with van der Waals surface area (Å²) in [7, 11) is 0. The van der Waals surface area contributed by atoms with E-state index in [-0.39, 0.29) is 23.6 Å². The summed E-state index contributed by atoms with van der Waals surface area (Å²) in [4.78, 5) is 11.5. The average Bonchev–Trinajstić information content (AvgIpc) is 3.11. The van der Waals surface area contributed by atoms with Crippen LogP contribution in [0.25, 0.3) is 0 Å². The third-order valence-corrected chi connectivity index (χ3v) is 5.96. The van der Waals surface area contributed by atoms with Gasteiger partial charge in [-0.2, -0.15) is 0 Å². The van der Waals surface area contributed by atoms with Crippen LogP contribution in [0.4, 0.5) is 0 Å². The van der Waals surface area contributed by atoms with E-state index in [1.54, 1.807) is 0 Å². The van der Waals surface area contributed by atoms with Gasteiger partial charge in [-0.25, -0.2) is 0 Å². The van der Waals surface area contributed by atoms with E-state index >= 15 is 0 Å². The molecule has 0 aromatic carbocycles. The fraction of sp³-hybridized carbons (Fsp3) is 0.773. The minimum Gasteiger partial charge on any atom is -0.460 e. The zero-order valence-electron chi connectivity index (χ0n) is 17.3. The molecule has 0 aromatic heterocycles. The number of aliphatic hydroxyl groups excluding tert-OH is 1. The molecule has 0 aromatic rings. The Morgan fingerprint density at radius 2 is 1.92 bits per heavy atom. The molecule has 4 heteroatoms. The van der Waals surface area contributed by atoms with Crippen molar-refractivity contribution in [3.63, 3.8) is 0 Å². The minimum absolute atomic E-state index is 0.180. The molecule has 0 amide bonds. The van der Waals surface area contributed by atoms with Crippen LogP contribution in [0.3, 0.4) is 0 Å². The molecule has 0 saturated carbocycles.